The van der Waals surface area contributed by atoms with Gasteiger partial charge in [0.1, 0.15) is 0 Å². The van der Waals surface area contributed by atoms with E-state index < -0.39 is 17.3 Å². The number of carbonyl (C=O) groups excluding carboxylic acids is 1. The van der Waals surface area contributed by atoms with Crippen molar-refractivity contribution < 1.29 is 14.3 Å². The molecule has 3 nitrogen and oxygen atoms in total. The molecule has 0 bridgehead atoms. The number of hydrogen-bond acceptors (Lipinski definition) is 2. The van der Waals surface area contributed by atoms with Gasteiger partial charge in [-0.15, -0.1) is 0 Å². The van der Waals surface area contributed by atoms with Crippen LogP contribution in [0.1, 0.15) is 24.2 Å². The summed E-state index contributed by atoms with van der Waals surface area (Å²) in [5, 5.41) is 9.08. The number of halogens is 2. The van der Waals surface area contributed by atoms with Gasteiger partial charge in [0, 0.05) is 7.05 Å². The van der Waals surface area contributed by atoms with Gasteiger partial charge >= 0.3 is 0 Å². The quantitative estimate of drug-likeness (QED) is 0.905. The van der Waals surface area contributed by atoms with E-state index in [1.807, 2.05) is 0 Å². The molecule has 0 aliphatic rings. The number of aliphatic hydroxyl groups is 1. The van der Waals surface area contributed by atoms with Gasteiger partial charge in [-0.05, 0) is 26.0 Å². The highest BCUT2D eigenvalue weighted by atomic mass is 35.5. The monoisotopic (exact) mass is 259 g/mol. The third-order valence-electron chi connectivity index (χ3n) is 2.78. The second-order valence-electron chi connectivity index (χ2n) is 4.44. The number of aliphatic hydroxyl groups excluding tert-OH is 1. The Kier molecular flexibility index (Phi) is 4.11. The van der Waals surface area contributed by atoms with Crippen LogP contribution in [0, 0.1) is 5.82 Å². The third kappa shape index (κ3) is 2.76. The SMILES string of the molecule is CN(C(=O)c1cccc(Cl)c1F)C(C)(C)CO. The highest BCUT2D eigenvalue weighted by molar-refractivity contribution is 6.31. The van der Waals surface area contributed by atoms with E-state index in [1.54, 1.807) is 13.8 Å². The first kappa shape index (κ1) is 13.9. The van der Waals surface area contributed by atoms with Crippen LogP contribution in [-0.2, 0) is 0 Å². The lowest BCUT2D eigenvalue weighted by molar-refractivity contribution is 0.0469. The Morgan fingerprint density at radius 1 is 1.53 bits per heavy atom. The Labute approximate surface area is 105 Å². The number of nitrogens with zero attached hydrogens (tertiary/aromatic N) is 1. The van der Waals surface area contributed by atoms with Crippen LogP contribution in [0.3, 0.4) is 0 Å². The van der Waals surface area contributed by atoms with E-state index in [0.717, 1.165) is 0 Å². The van der Waals surface area contributed by atoms with Gasteiger partial charge in [0.25, 0.3) is 5.91 Å². The van der Waals surface area contributed by atoms with Crippen molar-refractivity contribution in [1.29, 1.82) is 0 Å². The van der Waals surface area contributed by atoms with Gasteiger partial charge in [-0.25, -0.2) is 4.39 Å². The molecule has 0 atom stereocenters. The first-order valence-corrected chi connectivity index (χ1v) is 5.52. The van der Waals surface area contributed by atoms with Gasteiger partial charge in [0.05, 0.1) is 22.7 Å². The summed E-state index contributed by atoms with van der Waals surface area (Å²) >= 11 is 5.62. The fourth-order valence-corrected chi connectivity index (χ4v) is 1.41. The molecule has 1 aromatic rings. The summed E-state index contributed by atoms with van der Waals surface area (Å²) < 4.78 is 13.7. The minimum absolute atomic E-state index is 0.0916. The van der Waals surface area contributed by atoms with Crippen molar-refractivity contribution in [3.8, 4) is 0 Å². The molecule has 0 saturated heterocycles. The van der Waals surface area contributed by atoms with Crippen molar-refractivity contribution in [1.82, 2.24) is 4.90 Å². The molecular weight excluding hydrogens is 245 g/mol. The molecule has 0 unspecified atom stereocenters. The highest BCUT2D eigenvalue weighted by Crippen LogP contribution is 2.21. The van der Waals surface area contributed by atoms with Crippen LogP contribution in [-0.4, -0.2) is 35.1 Å². The van der Waals surface area contributed by atoms with Gasteiger partial charge in [0.15, 0.2) is 5.82 Å². The van der Waals surface area contributed by atoms with Gasteiger partial charge < -0.3 is 10.0 Å². The van der Waals surface area contributed by atoms with Crippen molar-refractivity contribution >= 4 is 17.5 Å². The lowest BCUT2D eigenvalue weighted by atomic mass is 10.0. The van der Waals surface area contributed by atoms with Crippen molar-refractivity contribution in [2.45, 2.75) is 19.4 Å². The van der Waals surface area contributed by atoms with Crippen LogP contribution in [0.2, 0.25) is 5.02 Å². The van der Waals surface area contributed by atoms with Gasteiger partial charge in [-0.1, -0.05) is 17.7 Å². The number of likely N-dealkylation sites (N-methyl/N-ethyl adjacent to an activating group) is 1. The smallest absolute Gasteiger partial charge is 0.257 e. The van der Waals surface area contributed by atoms with Crippen LogP contribution < -0.4 is 0 Å². The maximum atomic E-state index is 13.7. The Morgan fingerprint density at radius 3 is 2.65 bits per heavy atom. The van der Waals surface area contributed by atoms with Gasteiger partial charge in [-0.2, -0.15) is 0 Å². The molecule has 0 aliphatic heterocycles. The van der Waals surface area contributed by atoms with Crippen molar-refractivity contribution in [2.75, 3.05) is 13.7 Å². The van der Waals surface area contributed by atoms with E-state index >= 15 is 0 Å². The zero-order chi connectivity index (χ0) is 13.2. The van der Waals surface area contributed by atoms with E-state index in [4.69, 9.17) is 11.6 Å². The molecule has 5 heteroatoms. The van der Waals surface area contributed by atoms with E-state index in [0.29, 0.717) is 0 Å². The van der Waals surface area contributed by atoms with E-state index in [2.05, 4.69) is 0 Å². The summed E-state index contributed by atoms with van der Waals surface area (Å²) in [5.41, 5.74) is -0.854. The first-order chi connectivity index (χ1) is 7.81. The number of rotatable bonds is 3. The minimum Gasteiger partial charge on any atom is -0.394 e. The normalized spacial score (nSPS) is 11.4. The number of amides is 1. The van der Waals surface area contributed by atoms with Crippen LogP contribution in [0.15, 0.2) is 18.2 Å². The average molecular weight is 260 g/mol. The molecule has 0 fully saturated rings. The van der Waals surface area contributed by atoms with Gasteiger partial charge in [-0.3, -0.25) is 4.79 Å². The lowest BCUT2D eigenvalue weighted by Crippen LogP contribution is -2.47. The lowest BCUT2D eigenvalue weighted by Gasteiger charge is -2.34. The third-order valence-corrected chi connectivity index (χ3v) is 3.07. The molecule has 1 rings (SSSR count). The van der Waals surface area contributed by atoms with Crippen molar-refractivity contribution in [2.24, 2.45) is 0 Å². The standard InChI is InChI=1S/C12H15ClFNO2/c1-12(2,7-16)15(3)11(17)8-5-4-6-9(13)10(8)14/h4-6,16H,7H2,1-3H3. The predicted molar refractivity (Wildman–Crippen MR) is 64.7 cm³/mol. The number of hydrogen-bond donors (Lipinski definition) is 1. The molecular formula is C12H15ClFNO2. The molecule has 1 amide bonds. The van der Waals surface area contributed by atoms with Crippen molar-refractivity contribution in [3.05, 3.63) is 34.6 Å². The zero-order valence-electron chi connectivity index (χ0n) is 10.00. The number of carbonyl (C=O) groups is 1. The summed E-state index contributed by atoms with van der Waals surface area (Å²) in [7, 11) is 1.51. The molecule has 0 radical (unpaired) electrons. The Balaban J connectivity index is 3.09. The average Bonchev–Trinajstić information content (AvgIpc) is 2.30. The molecule has 0 aliphatic carbocycles. The topological polar surface area (TPSA) is 40.5 Å². The molecule has 0 saturated carbocycles. The molecule has 1 N–H and O–H groups in total. The largest absolute Gasteiger partial charge is 0.394 e. The molecule has 0 aromatic heterocycles. The van der Waals surface area contributed by atoms with Crippen LogP contribution in [0.5, 0.6) is 0 Å². The molecule has 94 valence electrons. The van der Waals surface area contributed by atoms with E-state index in [1.165, 1.54) is 30.1 Å². The molecule has 0 spiro atoms. The maximum absolute atomic E-state index is 13.7. The summed E-state index contributed by atoms with van der Waals surface area (Å²) in [5.74, 6) is -1.25. The Hall–Kier alpha value is -1.13. The van der Waals surface area contributed by atoms with Crippen LogP contribution in [0.25, 0.3) is 0 Å². The second-order valence-corrected chi connectivity index (χ2v) is 4.84. The predicted octanol–water partition coefficient (Wildman–Crippen LogP) is 2.32. The van der Waals surface area contributed by atoms with Crippen LogP contribution in [0.4, 0.5) is 4.39 Å². The van der Waals surface area contributed by atoms with E-state index in [9.17, 15) is 14.3 Å². The van der Waals surface area contributed by atoms with Gasteiger partial charge in [0.2, 0.25) is 0 Å². The number of benzene rings is 1. The zero-order valence-corrected chi connectivity index (χ0v) is 10.8. The fourth-order valence-electron chi connectivity index (χ4n) is 1.23. The van der Waals surface area contributed by atoms with E-state index in [-0.39, 0.29) is 17.2 Å². The Morgan fingerprint density at radius 2 is 2.12 bits per heavy atom. The molecule has 17 heavy (non-hydrogen) atoms. The Bertz CT molecular complexity index is 435. The molecule has 0 heterocycles. The molecule has 1 aromatic carbocycles. The first-order valence-electron chi connectivity index (χ1n) is 5.14. The minimum atomic E-state index is -0.758. The fraction of sp³-hybridized carbons (Fsp3) is 0.417. The summed E-state index contributed by atoms with van der Waals surface area (Å²) in [4.78, 5) is 13.3. The summed E-state index contributed by atoms with van der Waals surface area (Å²) in [6, 6.07) is 4.26. The summed E-state index contributed by atoms with van der Waals surface area (Å²) in [6.45, 7) is 3.16. The maximum Gasteiger partial charge on any atom is 0.257 e. The summed E-state index contributed by atoms with van der Waals surface area (Å²) in [6.07, 6.45) is 0. The second kappa shape index (κ2) is 5.02. The highest BCUT2D eigenvalue weighted by Gasteiger charge is 2.29. The van der Waals surface area contributed by atoms with Crippen LogP contribution >= 0.6 is 11.6 Å². The van der Waals surface area contributed by atoms with Crippen molar-refractivity contribution in [3.63, 3.8) is 0 Å².